The Bertz CT molecular complexity index is 843. The van der Waals surface area contributed by atoms with Gasteiger partial charge in [0.15, 0.2) is 0 Å². The smallest absolute Gasteiger partial charge is 0.255 e. The van der Waals surface area contributed by atoms with Gasteiger partial charge in [0.2, 0.25) is 10.0 Å². The molecule has 0 saturated heterocycles. The fraction of sp³-hybridized carbons (Fsp3) is 0.235. The van der Waals surface area contributed by atoms with Crippen molar-refractivity contribution in [2.45, 2.75) is 24.7 Å². The van der Waals surface area contributed by atoms with Gasteiger partial charge in [0, 0.05) is 11.3 Å². The molecule has 128 valence electrons. The molecule has 1 amide bonds. The van der Waals surface area contributed by atoms with Gasteiger partial charge in [-0.25, -0.2) is 13.6 Å². The molecule has 0 spiro atoms. The summed E-state index contributed by atoms with van der Waals surface area (Å²) >= 11 is 0. The van der Waals surface area contributed by atoms with E-state index >= 15 is 0 Å². The van der Waals surface area contributed by atoms with Crippen LogP contribution < -0.4 is 15.2 Å². The van der Waals surface area contributed by atoms with E-state index in [9.17, 15) is 13.2 Å². The van der Waals surface area contributed by atoms with Crippen LogP contribution in [0.5, 0.6) is 5.75 Å². The zero-order valence-corrected chi connectivity index (χ0v) is 14.6. The highest BCUT2D eigenvalue weighted by Crippen LogP contribution is 2.24. The second-order valence-electron chi connectivity index (χ2n) is 5.64. The number of carbonyl (C=O) groups excluding carboxylic acids is 1. The number of amides is 1. The van der Waals surface area contributed by atoms with E-state index in [2.05, 4.69) is 19.2 Å². The number of methoxy groups -OCH3 is 1. The Morgan fingerprint density at radius 1 is 1.12 bits per heavy atom. The predicted molar refractivity (Wildman–Crippen MR) is 92.9 cm³/mol. The molecule has 24 heavy (non-hydrogen) atoms. The SMILES string of the molecule is COc1ccc(C(=O)Nc2ccc(C(C)C)cc2)cc1S(N)(=O)=O. The van der Waals surface area contributed by atoms with Gasteiger partial charge in [0.05, 0.1) is 7.11 Å². The van der Waals surface area contributed by atoms with E-state index in [4.69, 9.17) is 9.88 Å². The summed E-state index contributed by atoms with van der Waals surface area (Å²) in [6, 6.07) is 11.6. The fourth-order valence-electron chi connectivity index (χ4n) is 2.19. The molecular weight excluding hydrogens is 328 g/mol. The number of primary sulfonamides is 1. The van der Waals surface area contributed by atoms with Crippen molar-refractivity contribution >= 4 is 21.6 Å². The van der Waals surface area contributed by atoms with Crippen molar-refractivity contribution < 1.29 is 17.9 Å². The lowest BCUT2D eigenvalue weighted by Crippen LogP contribution is -2.16. The summed E-state index contributed by atoms with van der Waals surface area (Å²) < 4.78 is 28.2. The molecule has 0 aromatic heterocycles. The van der Waals surface area contributed by atoms with Crippen LogP contribution in [-0.2, 0) is 10.0 Å². The molecule has 0 fully saturated rings. The lowest BCUT2D eigenvalue weighted by molar-refractivity contribution is 0.102. The number of benzene rings is 2. The topological polar surface area (TPSA) is 98.5 Å². The van der Waals surface area contributed by atoms with E-state index in [1.165, 1.54) is 25.3 Å². The lowest BCUT2D eigenvalue weighted by atomic mass is 10.0. The third-order valence-corrected chi connectivity index (χ3v) is 4.50. The normalized spacial score (nSPS) is 11.4. The summed E-state index contributed by atoms with van der Waals surface area (Å²) in [6.45, 7) is 4.17. The highest BCUT2D eigenvalue weighted by Gasteiger charge is 2.18. The van der Waals surface area contributed by atoms with Crippen LogP contribution >= 0.6 is 0 Å². The van der Waals surface area contributed by atoms with Crippen LogP contribution in [0.15, 0.2) is 47.4 Å². The van der Waals surface area contributed by atoms with Crippen molar-refractivity contribution in [2.24, 2.45) is 5.14 Å². The first-order chi connectivity index (χ1) is 11.2. The molecule has 6 nitrogen and oxygen atoms in total. The van der Waals surface area contributed by atoms with Gasteiger partial charge in [-0.15, -0.1) is 0 Å². The Balaban J connectivity index is 2.27. The zero-order valence-electron chi connectivity index (χ0n) is 13.7. The van der Waals surface area contributed by atoms with Crippen molar-refractivity contribution in [3.05, 3.63) is 53.6 Å². The number of hydrogen-bond donors (Lipinski definition) is 2. The van der Waals surface area contributed by atoms with Crippen molar-refractivity contribution in [1.29, 1.82) is 0 Å². The highest BCUT2D eigenvalue weighted by atomic mass is 32.2. The molecule has 0 aliphatic rings. The van der Waals surface area contributed by atoms with Gasteiger partial charge in [-0.1, -0.05) is 26.0 Å². The van der Waals surface area contributed by atoms with Gasteiger partial charge in [0.1, 0.15) is 10.6 Å². The molecule has 0 saturated carbocycles. The minimum atomic E-state index is -3.99. The van der Waals surface area contributed by atoms with Crippen molar-refractivity contribution in [3.63, 3.8) is 0 Å². The van der Waals surface area contributed by atoms with E-state index in [1.807, 2.05) is 12.1 Å². The molecule has 2 rings (SSSR count). The van der Waals surface area contributed by atoms with E-state index in [0.29, 0.717) is 11.6 Å². The highest BCUT2D eigenvalue weighted by molar-refractivity contribution is 7.89. The molecule has 7 heteroatoms. The number of nitrogens with one attached hydrogen (secondary N) is 1. The first-order valence-corrected chi connectivity index (χ1v) is 8.89. The average molecular weight is 348 g/mol. The minimum Gasteiger partial charge on any atom is -0.495 e. The maximum atomic E-state index is 12.3. The molecule has 2 aromatic rings. The molecule has 0 atom stereocenters. The predicted octanol–water partition coefficient (Wildman–Crippen LogP) is 2.72. The summed E-state index contributed by atoms with van der Waals surface area (Å²) in [5.74, 6) is 0.0591. The maximum Gasteiger partial charge on any atom is 0.255 e. The Kier molecular flexibility index (Phi) is 5.26. The van der Waals surface area contributed by atoms with Gasteiger partial charge < -0.3 is 10.1 Å². The summed E-state index contributed by atoms with van der Waals surface area (Å²) in [4.78, 5) is 12.1. The largest absolute Gasteiger partial charge is 0.495 e. The molecule has 0 bridgehead atoms. The average Bonchev–Trinajstić information content (AvgIpc) is 2.53. The maximum absolute atomic E-state index is 12.3. The number of nitrogens with two attached hydrogens (primary N) is 1. The van der Waals surface area contributed by atoms with E-state index in [-0.39, 0.29) is 16.2 Å². The molecular formula is C17H20N2O4S. The third kappa shape index (κ3) is 4.12. The van der Waals surface area contributed by atoms with E-state index in [1.54, 1.807) is 12.1 Å². The molecule has 0 radical (unpaired) electrons. The van der Waals surface area contributed by atoms with Crippen LogP contribution in [0, 0.1) is 0 Å². The van der Waals surface area contributed by atoms with Gasteiger partial charge >= 0.3 is 0 Å². The lowest BCUT2D eigenvalue weighted by Gasteiger charge is -2.11. The van der Waals surface area contributed by atoms with Crippen LogP contribution in [0.2, 0.25) is 0 Å². The minimum absolute atomic E-state index is 0.0929. The van der Waals surface area contributed by atoms with Gasteiger partial charge in [-0.3, -0.25) is 4.79 Å². The number of anilines is 1. The second kappa shape index (κ2) is 7.02. The number of hydrogen-bond acceptors (Lipinski definition) is 4. The fourth-order valence-corrected chi connectivity index (χ4v) is 2.92. The summed E-state index contributed by atoms with van der Waals surface area (Å²) in [5, 5.41) is 7.89. The summed E-state index contributed by atoms with van der Waals surface area (Å²) in [6.07, 6.45) is 0. The van der Waals surface area contributed by atoms with Crippen LogP contribution in [-0.4, -0.2) is 21.4 Å². The van der Waals surface area contributed by atoms with Crippen LogP contribution in [0.1, 0.15) is 35.7 Å². The van der Waals surface area contributed by atoms with Gasteiger partial charge in [0.25, 0.3) is 5.91 Å². The zero-order chi connectivity index (χ0) is 17.9. The number of carbonyl (C=O) groups is 1. The Labute approximate surface area is 141 Å². The van der Waals surface area contributed by atoms with Gasteiger partial charge in [-0.05, 0) is 41.8 Å². The van der Waals surface area contributed by atoms with Crippen LogP contribution in [0.25, 0.3) is 0 Å². The number of ether oxygens (including phenoxy) is 1. The van der Waals surface area contributed by atoms with Crippen molar-refractivity contribution in [2.75, 3.05) is 12.4 Å². The summed E-state index contributed by atoms with van der Waals surface area (Å²) in [5.41, 5.74) is 1.96. The monoisotopic (exact) mass is 348 g/mol. The van der Waals surface area contributed by atoms with E-state index in [0.717, 1.165) is 5.56 Å². The van der Waals surface area contributed by atoms with E-state index < -0.39 is 15.9 Å². The number of rotatable bonds is 5. The molecule has 0 unspecified atom stereocenters. The summed E-state index contributed by atoms with van der Waals surface area (Å²) in [7, 11) is -2.66. The van der Waals surface area contributed by atoms with Crippen molar-refractivity contribution in [3.8, 4) is 5.75 Å². The van der Waals surface area contributed by atoms with Crippen LogP contribution in [0.3, 0.4) is 0 Å². The number of sulfonamides is 1. The second-order valence-corrected chi connectivity index (χ2v) is 7.17. The van der Waals surface area contributed by atoms with Crippen LogP contribution in [0.4, 0.5) is 5.69 Å². The molecule has 3 N–H and O–H groups in total. The first kappa shape index (κ1) is 18.0. The Morgan fingerprint density at radius 2 is 1.75 bits per heavy atom. The first-order valence-electron chi connectivity index (χ1n) is 7.34. The van der Waals surface area contributed by atoms with Gasteiger partial charge in [-0.2, -0.15) is 0 Å². The standard InChI is InChI=1S/C17H20N2O4S/c1-11(2)12-4-7-14(8-5-12)19-17(20)13-6-9-15(23-3)16(10-13)24(18,21)22/h4-11H,1-3H3,(H,19,20)(H2,18,21,22). The third-order valence-electron chi connectivity index (χ3n) is 3.57. The molecule has 0 aliphatic heterocycles. The Hall–Kier alpha value is -2.38. The van der Waals surface area contributed by atoms with Crippen molar-refractivity contribution in [1.82, 2.24) is 0 Å². The molecule has 0 heterocycles. The quantitative estimate of drug-likeness (QED) is 0.868. The molecule has 2 aromatic carbocycles. The Morgan fingerprint density at radius 3 is 2.25 bits per heavy atom. The molecule has 0 aliphatic carbocycles.